The van der Waals surface area contributed by atoms with Gasteiger partial charge in [0.25, 0.3) is 0 Å². The maximum absolute atomic E-state index is 11.9. The normalized spacial score (nSPS) is 34.8. The van der Waals surface area contributed by atoms with Gasteiger partial charge in [0.1, 0.15) is 6.67 Å². The molecule has 0 radical (unpaired) electrons. The summed E-state index contributed by atoms with van der Waals surface area (Å²) in [6.07, 6.45) is 5.16. The minimum atomic E-state index is -0.231. The molecule has 0 saturated carbocycles. The van der Waals surface area contributed by atoms with Gasteiger partial charge in [0.15, 0.2) is 0 Å². The van der Waals surface area contributed by atoms with Crippen molar-refractivity contribution in [3.8, 4) is 0 Å². The summed E-state index contributed by atoms with van der Waals surface area (Å²) < 4.78 is 11.9. The molecule has 2 atom stereocenters. The first kappa shape index (κ1) is 9.41. The molecular formula is C10H19FN2. The van der Waals surface area contributed by atoms with Gasteiger partial charge < -0.3 is 10.2 Å². The van der Waals surface area contributed by atoms with E-state index in [9.17, 15) is 4.39 Å². The zero-order chi connectivity index (χ0) is 9.10. The van der Waals surface area contributed by atoms with Crippen LogP contribution in [0.3, 0.4) is 0 Å². The summed E-state index contributed by atoms with van der Waals surface area (Å²) >= 11 is 0. The van der Waals surface area contributed by atoms with Gasteiger partial charge in [-0.15, -0.1) is 0 Å². The Kier molecular flexibility index (Phi) is 3.17. The Bertz CT molecular complexity index is 163. The van der Waals surface area contributed by atoms with E-state index in [-0.39, 0.29) is 6.67 Å². The van der Waals surface area contributed by atoms with E-state index in [2.05, 4.69) is 10.2 Å². The van der Waals surface area contributed by atoms with Gasteiger partial charge in [-0.1, -0.05) is 0 Å². The first-order chi connectivity index (χ1) is 6.40. The summed E-state index contributed by atoms with van der Waals surface area (Å²) in [4.78, 5) is 2.59. The quantitative estimate of drug-likeness (QED) is 0.712. The number of nitrogens with one attached hydrogen (secondary N) is 1. The SMILES string of the molecule is FCCNC1CCN2CCCC2C1. The summed E-state index contributed by atoms with van der Waals surface area (Å²) in [5.41, 5.74) is 0. The highest BCUT2D eigenvalue weighted by Crippen LogP contribution is 2.26. The maximum Gasteiger partial charge on any atom is 0.102 e. The van der Waals surface area contributed by atoms with E-state index in [0.29, 0.717) is 12.6 Å². The highest BCUT2D eigenvalue weighted by molar-refractivity contribution is 4.88. The lowest BCUT2D eigenvalue weighted by Crippen LogP contribution is -2.46. The van der Waals surface area contributed by atoms with Crippen molar-refractivity contribution >= 4 is 0 Å². The van der Waals surface area contributed by atoms with Gasteiger partial charge in [-0.2, -0.15) is 0 Å². The van der Waals surface area contributed by atoms with Crippen molar-refractivity contribution in [2.24, 2.45) is 0 Å². The van der Waals surface area contributed by atoms with Gasteiger partial charge in [-0.25, -0.2) is 4.39 Å². The molecule has 0 bridgehead atoms. The van der Waals surface area contributed by atoms with Crippen molar-refractivity contribution in [3.05, 3.63) is 0 Å². The Morgan fingerprint density at radius 2 is 2.23 bits per heavy atom. The average molecular weight is 186 g/mol. The van der Waals surface area contributed by atoms with Crippen LogP contribution in [0.25, 0.3) is 0 Å². The lowest BCUT2D eigenvalue weighted by atomic mass is 9.98. The van der Waals surface area contributed by atoms with Crippen LogP contribution < -0.4 is 5.32 Å². The molecule has 2 aliphatic heterocycles. The van der Waals surface area contributed by atoms with E-state index in [1.807, 2.05) is 0 Å². The third-order valence-electron chi connectivity index (χ3n) is 3.35. The highest BCUT2D eigenvalue weighted by atomic mass is 19.1. The Balaban J connectivity index is 1.76. The molecule has 0 aromatic rings. The van der Waals surface area contributed by atoms with E-state index >= 15 is 0 Å². The van der Waals surface area contributed by atoms with Crippen LogP contribution in [-0.2, 0) is 0 Å². The largest absolute Gasteiger partial charge is 0.311 e. The summed E-state index contributed by atoms with van der Waals surface area (Å²) in [7, 11) is 0. The molecule has 2 heterocycles. The molecule has 0 aliphatic carbocycles. The lowest BCUT2D eigenvalue weighted by molar-refractivity contribution is 0.166. The number of nitrogens with zero attached hydrogens (tertiary/aromatic N) is 1. The molecule has 2 rings (SSSR count). The molecular weight excluding hydrogens is 167 g/mol. The molecule has 0 spiro atoms. The number of hydrogen-bond acceptors (Lipinski definition) is 2. The van der Waals surface area contributed by atoms with Crippen LogP contribution >= 0.6 is 0 Å². The predicted octanol–water partition coefficient (Wildman–Crippen LogP) is 1.17. The number of fused-ring (bicyclic) bond motifs is 1. The first-order valence-electron chi connectivity index (χ1n) is 5.43. The minimum absolute atomic E-state index is 0.231. The van der Waals surface area contributed by atoms with Gasteiger partial charge in [0, 0.05) is 18.6 Å². The van der Waals surface area contributed by atoms with E-state index < -0.39 is 0 Å². The van der Waals surface area contributed by atoms with Crippen molar-refractivity contribution in [3.63, 3.8) is 0 Å². The standard InChI is InChI=1S/C10H19FN2/c11-4-5-12-9-3-7-13-6-1-2-10(13)8-9/h9-10,12H,1-8H2. The van der Waals surface area contributed by atoms with Crippen molar-refractivity contribution in [1.29, 1.82) is 0 Å². The summed E-state index contributed by atoms with van der Waals surface area (Å²) in [6, 6.07) is 1.38. The van der Waals surface area contributed by atoms with Crippen LogP contribution in [0.5, 0.6) is 0 Å². The number of alkyl halides is 1. The Morgan fingerprint density at radius 1 is 1.31 bits per heavy atom. The lowest BCUT2D eigenvalue weighted by Gasteiger charge is -2.35. The molecule has 2 fully saturated rings. The van der Waals surface area contributed by atoms with Gasteiger partial charge in [-0.05, 0) is 38.8 Å². The first-order valence-corrected chi connectivity index (χ1v) is 5.43. The summed E-state index contributed by atoms with van der Waals surface area (Å²) in [6.45, 7) is 2.82. The van der Waals surface area contributed by atoms with Crippen molar-refractivity contribution in [2.75, 3.05) is 26.3 Å². The van der Waals surface area contributed by atoms with Crippen LogP contribution in [0.15, 0.2) is 0 Å². The fourth-order valence-electron chi connectivity index (χ4n) is 2.67. The Hall–Kier alpha value is -0.150. The smallest absolute Gasteiger partial charge is 0.102 e. The Labute approximate surface area is 79.5 Å². The van der Waals surface area contributed by atoms with E-state index in [4.69, 9.17) is 0 Å². The average Bonchev–Trinajstić information content (AvgIpc) is 2.61. The van der Waals surface area contributed by atoms with Gasteiger partial charge in [0.2, 0.25) is 0 Å². The van der Waals surface area contributed by atoms with Crippen LogP contribution in [0.2, 0.25) is 0 Å². The van der Waals surface area contributed by atoms with Crippen molar-refractivity contribution in [1.82, 2.24) is 10.2 Å². The van der Waals surface area contributed by atoms with Crippen LogP contribution in [-0.4, -0.2) is 43.3 Å². The van der Waals surface area contributed by atoms with Crippen molar-refractivity contribution in [2.45, 2.75) is 37.8 Å². The molecule has 13 heavy (non-hydrogen) atoms. The van der Waals surface area contributed by atoms with E-state index in [1.165, 1.54) is 38.8 Å². The van der Waals surface area contributed by atoms with Gasteiger partial charge in [0.05, 0.1) is 0 Å². The number of hydrogen-bond donors (Lipinski definition) is 1. The van der Waals surface area contributed by atoms with E-state index in [0.717, 1.165) is 6.04 Å². The molecule has 76 valence electrons. The zero-order valence-corrected chi connectivity index (χ0v) is 8.14. The maximum atomic E-state index is 11.9. The van der Waals surface area contributed by atoms with Crippen LogP contribution in [0.1, 0.15) is 25.7 Å². The molecule has 0 amide bonds. The molecule has 2 aliphatic rings. The molecule has 2 saturated heterocycles. The highest BCUT2D eigenvalue weighted by Gasteiger charge is 2.31. The second-order valence-electron chi connectivity index (χ2n) is 4.20. The molecule has 1 N–H and O–H groups in total. The summed E-state index contributed by atoms with van der Waals surface area (Å²) in [5, 5.41) is 3.28. The fourth-order valence-corrected chi connectivity index (χ4v) is 2.67. The number of halogens is 1. The topological polar surface area (TPSA) is 15.3 Å². The van der Waals surface area contributed by atoms with Gasteiger partial charge in [-0.3, -0.25) is 0 Å². The second-order valence-corrected chi connectivity index (χ2v) is 4.20. The molecule has 3 heteroatoms. The third kappa shape index (κ3) is 2.20. The van der Waals surface area contributed by atoms with Crippen molar-refractivity contribution < 1.29 is 4.39 Å². The van der Waals surface area contributed by atoms with Crippen LogP contribution in [0, 0.1) is 0 Å². The third-order valence-corrected chi connectivity index (χ3v) is 3.35. The molecule has 2 unspecified atom stereocenters. The van der Waals surface area contributed by atoms with E-state index in [1.54, 1.807) is 0 Å². The fraction of sp³-hybridized carbons (Fsp3) is 1.00. The molecule has 2 nitrogen and oxygen atoms in total. The monoisotopic (exact) mass is 186 g/mol. The van der Waals surface area contributed by atoms with Crippen LogP contribution in [0.4, 0.5) is 4.39 Å². The summed E-state index contributed by atoms with van der Waals surface area (Å²) in [5.74, 6) is 0. The molecule has 0 aromatic carbocycles. The zero-order valence-electron chi connectivity index (χ0n) is 8.14. The number of piperidine rings is 1. The number of rotatable bonds is 3. The second kappa shape index (κ2) is 4.38. The Morgan fingerprint density at radius 3 is 3.08 bits per heavy atom. The minimum Gasteiger partial charge on any atom is -0.311 e. The predicted molar refractivity (Wildman–Crippen MR) is 51.6 cm³/mol. The molecule has 0 aromatic heterocycles. The van der Waals surface area contributed by atoms with Gasteiger partial charge >= 0.3 is 0 Å².